The molecule has 0 amide bonds. The molecule has 6 heterocycles. The number of nitrogens with zero attached hydrogens (tertiary/aromatic N) is 10. The lowest BCUT2D eigenvalue weighted by Gasteiger charge is -2.33. The van der Waals surface area contributed by atoms with E-state index in [0.29, 0.717) is 47.8 Å². The first kappa shape index (κ1) is 63.6. The topological polar surface area (TPSA) is 217 Å². The number of benzene rings is 2. The van der Waals surface area contributed by atoms with E-state index in [1.807, 2.05) is 0 Å². The quantitative estimate of drug-likeness (QED) is 0.0826. The second-order valence-electron chi connectivity index (χ2n) is 23.0. The molecule has 6 aromatic rings. The van der Waals surface area contributed by atoms with Crippen LogP contribution in [0.15, 0.2) is 107 Å². The van der Waals surface area contributed by atoms with Crippen LogP contribution in [0, 0.1) is 11.6 Å². The van der Waals surface area contributed by atoms with Gasteiger partial charge in [0.05, 0.1) is 88.8 Å². The zero-order valence-corrected chi connectivity index (χ0v) is 49.1. The zero-order chi connectivity index (χ0) is 59.4. The number of carboxylic acid groups (broad SMARTS) is 2. The summed E-state index contributed by atoms with van der Waals surface area (Å²) in [7, 11) is 0. The van der Waals surface area contributed by atoms with Crippen LogP contribution in [-0.2, 0) is 46.4 Å². The number of anilines is 2. The number of unbranched alkanes of at least 4 members (excludes halogenated alkanes) is 2. The summed E-state index contributed by atoms with van der Waals surface area (Å²) in [6.07, 6.45) is 12.4. The Hall–Kier alpha value is -7.58. The smallest absolute Gasteiger partial charge is 0.348 e. The predicted octanol–water partition coefficient (Wildman–Crippen LogP) is 3.59. The van der Waals surface area contributed by atoms with Crippen LogP contribution in [0.1, 0.15) is 117 Å². The molecule has 2 aliphatic rings. The summed E-state index contributed by atoms with van der Waals surface area (Å²) in [5.41, 5.74) is 3.81. The molecule has 2 aromatic carbocycles. The second kappa shape index (κ2) is 30.5. The van der Waals surface area contributed by atoms with Crippen molar-refractivity contribution in [3.8, 4) is 22.5 Å². The average Bonchev–Trinajstić information content (AvgIpc) is 3.64. The summed E-state index contributed by atoms with van der Waals surface area (Å²) < 4.78 is 30.3. The van der Waals surface area contributed by atoms with Gasteiger partial charge in [-0.25, -0.2) is 38.3 Å². The minimum absolute atomic E-state index is 0.0666. The maximum absolute atomic E-state index is 13.5. The largest absolute Gasteiger partial charge is 0.545 e. The minimum Gasteiger partial charge on any atom is -0.545 e. The summed E-state index contributed by atoms with van der Waals surface area (Å²) in [6.45, 7) is 29.2. The molecular formula is C62H82F2N12O6. The van der Waals surface area contributed by atoms with E-state index in [4.69, 9.17) is 19.9 Å². The molecule has 18 nitrogen and oxygen atoms in total. The first-order chi connectivity index (χ1) is 39.1. The molecule has 20 heteroatoms. The highest BCUT2D eigenvalue weighted by atomic mass is 19.1. The number of carboxylic acids is 2. The molecule has 8 rings (SSSR count). The lowest BCUT2D eigenvalue weighted by Crippen LogP contribution is -3.14. The molecule has 0 radical (unpaired) electrons. The fraction of sp³-hybridized carbons (Fsp3) is 0.484. The third-order valence-electron chi connectivity index (χ3n) is 14.2. The summed E-state index contributed by atoms with van der Waals surface area (Å²) >= 11 is 0. The van der Waals surface area contributed by atoms with Crippen LogP contribution in [0.3, 0.4) is 0 Å². The number of halogens is 2. The Morgan fingerprint density at radius 3 is 1.24 bits per heavy atom. The highest BCUT2D eigenvalue weighted by molar-refractivity contribution is 5.87. The number of hydrogen-bond donors (Lipinski definition) is 2. The van der Waals surface area contributed by atoms with Gasteiger partial charge >= 0.3 is 11.4 Å². The number of carbonyl (C=O) groups excluding carboxylic acids is 2. The number of nitrogens with one attached hydrogen (secondary N) is 2. The molecular weight excluding hydrogens is 1050 g/mol. The van der Waals surface area contributed by atoms with Crippen molar-refractivity contribution in [2.24, 2.45) is 0 Å². The number of carbonyl (C=O) groups is 2. The maximum Gasteiger partial charge on any atom is 0.348 e. The second-order valence-corrected chi connectivity index (χ2v) is 23.0. The van der Waals surface area contributed by atoms with E-state index in [2.05, 4.69) is 87.3 Å². The van der Waals surface area contributed by atoms with Gasteiger partial charge in [0.25, 0.3) is 0 Å². The molecule has 0 saturated carbocycles. The molecule has 0 atom stereocenters. The van der Waals surface area contributed by atoms with Crippen LogP contribution < -0.4 is 41.2 Å². The molecule has 2 saturated heterocycles. The number of piperazine rings is 2. The molecule has 2 fully saturated rings. The van der Waals surface area contributed by atoms with E-state index in [9.17, 15) is 38.2 Å². The van der Waals surface area contributed by atoms with Crippen LogP contribution in [0.5, 0.6) is 0 Å². The third kappa shape index (κ3) is 20.1. The fourth-order valence-electron chi connectivity index (χ4n) is 9.60. The van der Waals surface area contributed by atoms with Gasteiger partial charge in [0.15, 0.2) is 0 Å². The normalized spacial score (nSPS) is 14.3. The molecule has 0 spiro atoms. The number of aryl methyl sites for hydroxylation is 4. The molecule has 0 unspecified atom stereocenters. The highest BCUT2D eigenvalue weighted by Crippen LogP contribution is 2.25. The van der Waals surface area contributed by atoms with Crippen molar-refractivity contribution in [1.82, 2.24) is 39.0 Å². The molecule has 2 aliphatic heterocycles. The van der Waals surface area contributed by atoms with Gasteiger partial charge in [-0.3, -0.25) is 9.13 Å². The van der Waals surface area contributed by atoms with Gasteiger partial charge in [0.2, 0.25) is 0 Å². The number of rotatable bonds is 20. The van der Waals surface area contributed by atoms with Crippen molar-refractivity contribution in [3.63, 3.8) is 0 Å². The Morgan fingerprint density at radius 1 is 0.549 bits per heavy atom. The minimum atomic E-state index is -1.55. The monoisotopic (exact) mass is 1130 g/mol. The van der Waals surface area contributed by atoms with E-state index >= 15 is 0 Å². The Morgan fingerprint density at radius 2 is 0.927 bits per heavy atom. The molecule has 0 bridgehead atoms. The highest BCUT2D eigenvalue weighted by Gasteiger charge is 2.27. The van der Waals surface area contributed by atoms with Crippen molar-refractivity contribution >= 4 is 23.6 Å². The molecule has 2 N–H and O–H groups in total. The number of hydrogen-bond acceptors (Lipinski definition) is 14. The van der Waals surface area contributed by atoms with E-state index in [1.165, 1.54) is 24.3 Å². The maximum atomic E-state index is 13.5. The van der Waals surface area contributed by atoms with Gasteiger partial charge in [-0.05, 0) is 87.1 Å². The molecule has 4 aromatic heterocycles. The van der Waals surface area contributed by atoms with E-state index in [0.717, 1.165) is 151 Å². The number of aromatic nitrogens is 8. The van der Waals surface area contributed by atoms with E-state index in [-0.39, 0.29) is 33.8 Å². The van der Waals surface area contributed by atoms with Gasteiger partial charge < -0.3 is 39.4 Å². The Kier molecular flexibility index (Phi) is 23.6. The SMILES string of the molecule is CCCc1cc(N2CC[NH+](CCCCn3ccc(-c4cccc(F)c4)nc3=O)CC2)nc(C(C)(C)C)n1.CCCc1cc(N2CC[NH+](CCCCn3ccc(-c4cccc(F)c4)nc3=O)CC2)nc(C(C)(C)C)n1.O=C([O-])/C=C/C(=O)[O-]. The van der Waals surface area contributed by atoms with Crippen molar-refractivity contribution < 1.29 is 38.4 Å². The fourth-order valence-corrected chi connectivity index (χ4v) is 9.60. The third-order valence-corrected chi connectivity index (χ3v) is 14.2. The van der Waals surface area contributed by atoms with Crippen molar-refractivity contribution in [2.75, 3.05) is 75.2 Å². The number of quaternary nitrogens is 2. The van der Waals surface area contributed by atoms with Crippen molar-refractivity contribution in [2.45, 2.75) is 131 Å². The van der Waals surface area contributed by atoms with Crippen LogP contribution in [0.4, 0.5) is 20.4 Å². The standard InChI is InChI=1S/2C29H39FN6O.C4H4O4/c2*1-5-9-24-21-26(33-27(31-24)29(2,3)4)35-18-16-34(17-19-35)13-6-7-14-36-15-12-25(32-28(36)37)22-10-8-11-23(30)20-22;5-3(6)1-2-4(7)8/h2*8,10-12,15,20-21H,5-7,9,13-14,16-19H2,1-4H3;1-2H,(H,5,6)(H,7,8)/b;;2-1+. The first-order valence-electron chi connectivity index (χ1n) is 28.8. The van der Waals surface area contributed by atoms with Crippen molar-refractivity contribution in [3.05, 3.63) is 153 Å². The number of aliphatic carboxylic acids is 2. The summed E-state index contributed by atoms with van der Waals surface area (Å²) in [5, 5.41) is 18.8. The van der Waals surface area contributed by atoms with Gasteiger partial charge in [-0.2, -0.15) is 9.97 Å². The lowest BCUT2D eigenvalue weighted by atomic mass is 9.95. The average molecular weight is 1130 g/mol. The first-order valence-corrected chi connectivity index (χ1v) is 28.8. The molecule has 440 valence electrons. The van der Waals surface area contributed by atoms with E-state index < -0.39 is 11.9 Å². The molecule has 0 aliphatic carbocycles. The molecule has 82 heavy (non-hydrogen) atoms. The van der Waals surface area contributed by atoms with Crippen LogP contribution in [0.2, 0.25) is 0 Å². The summed E-state index contributed by atoms with van der Waals surface area (Å²) in [4.78, 5) is 79.6. The predicted molar refractivity (Wildman–Crippen MR) is 310 cm³/mol. The Balaban J connectivity index is 0.000000233. The van der Waals surface area contributed by atoms with Crippen molar-refractivity contribution in [1.29, 1.82) is 0 Å². The Labute approximate surface area is 480 Å². The van der Waals surface area contributed by atoms with Gasteiger partial charge in [0, 0.05) is 71.0 Å². The zero-order valence-electron chi connectivity index (χ0n) is 49.1. The Bertz CT molecular complexity index is 2980. The van der Waals surface area contributed by atoms with Gasteiger partial charge in [-0.1, -0.05) is 92.5 Å². The summed E-state index contributed by atoms with van der Waals surface area (Å²) in [6, 6.07) is 20.2. The lowest BCUT2D eigenvalue weighted by molar-refractivity contribution is -0.900. The van der Waals surface area contributed by atoms with Crippen LogP contribution in [-0.4, -0.2) is 116 Å². The van der Waals surface area contributed by atoms with Gasteiger partial charge in [0.1, 0.15) is 34.9 Å². The summed E-state index contributed by atoms with van der Waals surface area (Å²) in [5.74, 6) is 0.226. The van der Waals surface area contributed by atoms with E-state index in [1.54, 1.807) is 67.7 Å². The van der Waals surface area contributed by atoms with Crippen LogP contribution >= 0.6 is 0 Å². The van der Waals surface area contributed by atoms with Crippen LogP contribution in [0.25, 0.3) is 22.5 Å². The van der Waals surface area contributed by atoms with Gasteiger partial charge in [-0.15, -0.1) is 0 Å².